The van der Waals surface area contributed by atoms with Gasteiger partial charge in [-0.2, -0.15) is 11.2 Å². The van der Waals surface area contributed by atoms with E-state index >= 15 is 0 Å². The summed E-state index contributed by atoms with van der Waals surface area (Å²) >= 11 is 2.04. The smallest absolute Gasteiger partial charge is 0.131 e. The highest BCUT2D eigenvalue weighted by atomic mass is 32.4. The molecule has 0 radical (unpaired) electrons. The molecule has 0 saturated heterocycles. The van der Waals surface area contributed by atoms with Crippen molar-refractivity contribution < 1.29 is 0 Å². The Morgan fingerprint density at radius 1 is 1.00 bits per heavy atom. The number of rotatable bonds is 6. The predicted molar refractivity (Wildman–Crippen MR) is 78.0 cm³/mol. The molecule has 15 heavy (non-hydrogen) atoms. The topological polar surface area (TPSA) is 0 Å². The van der Waals surface area contributed by atoms with Crippen LogP contribution in [-0.4, -0.2) is 7.22 Å². The molecule has 0 aromatic carbocycles. The van der Waals surface area contributed by atoms with Crippen LogP contribution in [0.4, 0.5) is 0 Å². The van der Waals surface area contributed by atoms with Gasteiger partial charge in [0.1, 0.15) is 7.22 Å². The molecule has 0 heterocycles. The lowest BCUT2D eigenvalue weighted by atomic mass is 10.5. The molecule has 0 atom stereocenters. The molecule has 0 spiro atoms. The molecule has 88 valence electrons. The first-order valence-electron chi connectivity index (χ1n) is 5.79. The lowest BCUT2D eigenvalue weighted by Crippen LogP contribution is -2.41. The minimum absolute atomic E-state index is 0.777. The van der Waals surface area contributed by atoms with E-state index in [9.17, 15) is 0 Å². The van der Waals surface area contributed by atoms with Crippen LogP contribution in [0.25, 0.3) is 0 Å². The summed E-state index contributed by atoms with van der Waals surface area (Å²) in [4.78, 5) is 1.15. The van der Waals surface area contributed by atoms with Gasteiger partial charge in [-0.15, -0.1) is 0 Å². The zero-order chi connectivity index (χ0) is 12.2. The van der Waals surface area contributed by atoms with E-state index in [1.165, 1.54) is 0 Å². The van der Waals surface area contributed by atoms with E-state index in [2.05, 4.69) is 54.7 Å². The van der Waals surface area contributed by atoms with Gasteiger partial charge in [0.2, 0.25) is 0 Å². The Hall–Kier alpha value is 0.0469. The Balaban J connectivity index is 5.13. The fourth-order valence-corrected chi connectivity index (χ4v) is 11.6. The van der Waals surface area contributed by atoms with Crippen LogP contribution < -0.4 is 0 Å². The number of allylic oxidation sites excluding steroid dienone is 1. The van der Waals surface area contributed by atoms with E-state index in [0.29, 0.717) is 0 Å². The summed E-state index contributed by atoms with van der Waals surface area (Å²) in [5, 5.41) is 0. The zero-order valence-electron chi connectivity index (χ0n) is 11.1. The van der Waals surface area contributed by atoms with Crippen molar-refractivity contribution in [1.29, 1.82) is 0 Å². The predicted octanol–water partition coefficient (Wildman–Crippen LogP) is 5.59. The number of hydrogen-bond acceptors (Lipinski definition) is 1. The third-order valence-corrected chi connectivity index (χ3v) is 15.5. The van der Waals surface area contributed by atoms with Gasteiger partial charge >= 0.3 is 0 Å². The molecule has 0 bridgehead atoms. The van der Waals surface area contributed by atoms with Gasteiger partial charge in [0, 0.05) is 0 Å². The first kappa shape index (κ1) is 15.0. The van der Waals surface area contributed by atoms with E-state index in [-0.39, 0.29) is 0 Å². The van der Waals surface area contributed by atoms with Crippen LogP contribution >= 0.6 is 11.2 Å². The third-order valence-electron chi connectivity index (χ3n) is 3.24. The minimum atomic E-state index is -1.37. The van der Waals surface area contributed by atoms with E-state index in [1.54, 1.807) is 0 Å². The quantitative estimate of drug-likeness (QED) is 0.432. The van der Waals surface area contributed by atoms with Crippen molar-refractivity contribution in [3.63, 3.8) is 0 Å². The van der Waals surface area contributed by atoms with Crippen LogP contribution in [-0.2, 0) is 0 Å². The Kier molecular flexibility index (Phi) is 5.97. The maximum Gasteiger partial charge on any atom is 0.131 e. The van der Waals surface area contributed by atoms with Gasteiger partial charge in [-0.25, -0.2) is 0 Å². The average molecular weight is 243 g/mol. The van der Waals surface area contributed by atoms with Crippen LogP contribution in [0.2, 0.25) is 16.6 Å². The van der Waals surface area contributed by atoms with Crippen molar-refractivity contribution in [2.24, 2.45) is 0 Å². The lowest BCUT2D eigenvalue weighted by molar-refractivity contribution is 0.852. The second-order valence-electron chi connectivity index (χ2n) is 5.09. The summed E-state index contributed by atoms with van der Waals surface area (Å²) < 4.78 is 0. The minimum Gasteiger partial charge on any atom is -0.151 e. The summed E-state index contributed by atoms with van der Waals surface area (Å²) in [5.74, 6) is 0. The molecular formula is C13H26SSi. The first-order chi connectivity index (χ1) is 6.78. The fraction of sp³-hybridized carbons (Fsp3) is 0.692. The molecule has 0 saturated carbocycles. The maximum atomic E-state index is 4.08. The monoisotopic (exact) mass is 242 g/mol. The largest absolute Gasteiger partial charge is 0.151 e. The summed E-state index contributed by atoms with van der Waals surface area (Å²) in [5.41, 5.74) is 2.33. The van der Waals surface area contributed by atoms with Crippen LogP contribution in [0.5, 0.6) is 0 Å². The van der Waals surface area contributed by atoms with Crippen molar-refractivity contribution >= 4 is 18.4 Å². The van der Waals surface area contributed by atoms with Crippen LogP contribution in [0.3, 0.4) is 0 Å². The maximum absolute atomic E-state index is 4.08. The fourth-order valence-electron chi connectivity index (χ4n) is 2.62. The normalized spacial score (nSPS) is 12.6. The molecule has 2 heteroatoms. The van der Waals surface area contributed by atoms with Crippen molar-refractivity contribution in [2.45, 2.75) is 58.2 Å². The third kappa shape index (κ3) is 3.25. The molecule has 0 aliphatic rings. The van der Waals surface area contributed by atoms with Gasteiger partial charge in [-0.3, -0.25) is 0 Å². The van der Waals surface area contributed by atoms with Gasteiger partial charge in [0.15, 0.2) is 0 Å². The highest BCUT2D eigenvalue weighted by Crippen LogP contribution is 2.51. The highest BCUT2D eigenvalue weighted by molar-refractivity contribution is 8.32. The second-order valence-corrected chi connectivity index (χ2v) is 13.7. The molecule has 0 N–H and O–H groups in total. The summed E-state index contributed by atoms with van der Waals surface area (Å²) in [7, 11) is -1.37. The highest BCUT2D eigenvalue weighted by Gasteiger charge is 2.43. The van der Waals surface area contributed by atoms with E-state index < -0.39 is 7.22 Å². The molecule has 0 nitrogen and oxygen atoms in total. The molecule has 0 aromatic rings. The van der Waals surface area contributed by atoms with E-state index in [0.717, 1.165) is 21.5 Å². The Morgan fingerprint density at radius 2 is 1.33 bits per heavy atom. The Morgan fingerprint density at radius 3 is 1.53 bits per heavy atom. The van der Waals surface area contributed by atoms with Gasteiger partial charge in [0.05, 0.1) is 0 Å². The first-order valence-corrected chi connectivity index (χ1v) is 9.56. The van der Waals surface area contributed by atoms with Crippen molar-refractivity contribution in [3.8, 4) is 0 Å². The molecule has 0 fully saturated rings. The van der Waals surface area contributed by atoms with Gasteiger partial charge < -0.3 is 0 Å². The molecular weight excluding hydrogens is 216 g/mol. The van der Waals surface area contributed by atoms with E-state index in [1.807, 2.05) is 17.3 Å². The summed E-state index contributed by atoms with van der Waals surface area (Å²) in [6, 6.07) is 0. The standard InChI is InChI=1S/C13H26SSi/c1-9-13(8)14-15(10(2)3,11(4)5)12(6)7/h9-12H,1,8H2,2-7H3. The van der Waals surface area contributed by atoms with Crippen LogP contribution in [0, 0.1) is 0 Å². The number of hydrogen-bond donors (Lipinski definition) is 0. The molecule has 0 rings (SSSR count). The average Bonchev–Trinajstić information content (AvgIpc) is 2.11. The molecule has 0 aromatic heterocycles. The Bertz CT molecular complexity index is 207. The summed E-state index contributed by atoms with van der Waals surface area (Å²) in [6.45, 7) is 22.1. The van der Waals surface area contributed by atoms with Gasteiger partial charge in [0.25, 0.3) is 0 Å². The summed E-state index contributed by atoms with van der Waals surface area (Å²) in [6.07, 6.45) is 1.90. The van der Waals surface area contributed by atoms with Gasteiger partial charge in [-0.1, -0.05) is 60.8 Å². The SMILES string of the molecule is C=CC(=C)S[Si](C(C)C)(C(C)C)C(C)C. The molecule has 0 aliphatic heterocycles. The van der Waals surface area contributed by atoms with Gasteiger partial charge in [-0.05, 0) is 21.5 Å². The van der Waals surface area contributed by atoms with Crippen LogP contribution in [0.15, 0.2) is 24.1 Å². The second kappa shape index (κ2) is 5.95. The molecule has 0 aliphatic carbocycles. The van der Waals surface area contributed by atoms with Crippen LogP contribution in [0.1, 0.15) is 41.5 Å². The molecule has 0 amide bonds. The lowest BCUT2D eigenvalue weighted by Gasteiger charge is -2.42. The van der Waals surface area contributed by atoms with E-state index in [4.69, 9.17) is 0 Å². The van der Waals surface area contributed by atoms with Crippen molar-refractivity contribution in [3.05, 3.63) is 24.1 Å². The Labute approximate surface area is 101 Å². The van der Waals surface area contributed by atoms with Crippen molar-refractivity contribution in [1.82, 2.24) is 0 Å². The van der Waals surface area contributed by atoms with Crippen molar-refractivity contribution in [2.75, 3.05) is 0 Å². The zero-order valence-corrected chi connectivity index (χ0v) is 12.9. The molecule has 0 unspecified atom stereocenters.